The highest BCUT2D eigenvalue weighted by molar-refractivity contribution is 7.89. The summed E-state index contributed by atoms with van der Waals surface area (Å²) < 4.78 is 27.8. The second kappa shape index (κ2) is 8.37. The van der Waals surface area contributed by atoms with Crippen molar-refractivity contribution in [2.75, 3.05) is 31.1 Å². The van der Waals surface area contributed by atoms with Crippen LogP contribution in [-0.4, -0.2) is 43.9 Å². The van der Waals surface area contributed by atoms with Crippen molar-refractivity contribution in [1.82, 2.24) is 9.29 Å². The molecule has 1 aliphatic heterocycles. The van der Waals surface area contributed by atoms with Gasteiger partial charge in [0.25, 0.3) is 0 Å². The molecule has 0 N–H and O–H groups in total. The van der Waals surface area contributed by atoms with Gasteiger partial charge in [-0.15, -0.1) is 11.3 Å². The number of hydrogen-bond acceptors (Lipinski definition) is 5. The Kier molecular flexibility index (Phi) is 5.94. The summed E-state index contributed by atoms with van der Waals surface area (Å²) >= 11 is 1.61. The maximum atomic E-state index is 13.1. The highest BCUT2D eigenvalue weighted by atomic mass is 32.2. The minimum absolute atomic E-state index is 0.00107. The number of aryl methyl sites for hydroxylation is 1. The maximum absolute atomic E-state index is 13.1. The quantitative estimate of drug-likeness (QED) is 0.560. The first-order valence-electron chi connectivity index (χ1n) is 10.5. The second-order valence-corrected chi connectivity index (χ2v) is 11.8. The Morgan fingerprint density at radius 1 is 0.968 bits per heavy atom. The number of sulfonamides is 1. The van der Waals surface area contributed by atoms with Crippen LogP contribution in [0.5, 0.6) is 0 Å². The molecule has 0 radical (unpaired) electrons. The molecule has 3 aromatic rings. The standard InChI is InChI=1S/C24H29N3O2S2/c1-18-6-5-7-19(16-18)22-17-30-23(25-22)26-12-14-27(15-13-26)31(28,29)21-10-8-20(9-11-21)24(2,3)4/h5-11,16-17H,12-15H2,1-4H3. The fourth-order valence-corrected chi connectivity index (χ4v) is 6.05. The molecule has 0 aliphatic carbocycles. The molecule has 164 valence electrons. The van der Waals surface area contributed by atoms with Crippen molar-refractivity contribution >= 4 is 26.5 Å². The normalized spacial score (nSPS) is 15.9. The molecule has 7 heteroatoms. The molecule has 31 heavy (non-hydrogen) atoms. The summed E-state index contributed by atoms with van der Waals surface area (Å²) in [5.74, 6) is 0. The lowest BCUT2D eigenvalue weighted by Crippen LogP contribution is -2.48. The third-order valence-corrected chi connectivity index (χ3v) is 8.49. The van der Waals surface area contributed by atoms with Crippen LogP contribution in [0.2, 0.25) is 0 Å². The van der Waals surface area contributed by atoms with Gasteiger partial charge < -0.3 is 4.90 Å². The van der Waals surface area contributed by atoms with Crippen LogP contribution in [0, 0.1) is 6.92 Å². The predicted octanol–water partition coefficient (Wildman–Crippen LogP) is 4.93. The molecule has 0 bridgehead atoms. The predicted molar refractivity (Wildman–Crippen MR) is 128 cm³/mol. The third kappa shape index (κ3) is 4.68. The molecule has 2 heterocycles. The number of aromatic nitrogens is 1. The number of rotatable bonds is 4. The molecule has 0 unspecified atom stereocenters. The number of thiazole rings is 1. The van der Waals surface area contributed by atoms with Crippen LogP contribution >= 0.6 is 11.3 Å². The van der Waals surface area contributed by atoms with Crippen LogP contribution in [0.4, 0.5) is 5.13 Å². The Hall–Kier alpha value is -2.22. The summed E-state index contributed by atoms with van der Waals surface area (Å²) in [6, 6.07) is 15.6. The lowest BCUT2D eigenvalue weighted by atomic mass is 9.87. The van der Waals surface area contributed by atoms with Crippen molar-refractivity contribution in [3.05, 3.63) is 65.0 Å². The molecule has 0 atom stereocenters. The largest absolute Gasteiger partial charge is 0.345 e. The molecule has 1 fully saturated rings. The molecular weight excluding hydrogens is 426 g/mol. The van der Waals surface area contributed by atoms with Crippen LogP contribution < -0.4 is 4.90 Å². The van der Waals surface area contributed by atoms with Crippen LogP contribution in [-0.2, 0) is 15.4 Å². The van der Waals surface area contributed by atoms with E-state index in [-0.39, 0.29) is 5.41 Å². The van der Waals surface area contributed by atoms with Gasteiger partial charge in [0.2, 0.25) is 10.0 Å². The number of hydrogen-bond donors (Lipinski definition) is 0. The maximum Gasteiger partial charge on any atom is 0.243 e. The molecule has 0 spiro atoms. The topological polar surface area (TPSA) is 53.5 Å². The Morgan fingerprint density at radius 2 is 1.65 bits per heavy atom. The minimum atomic E-state index is -3.48. The summed E-state index contributed by atoms with van der Waals surface area (Å²) in [6.45, 7) is 10.6. The molecule has 4 rings (SSSR count). The Balaban J connectivity index is 1.44. The Labute approximate surface area is 189 Å². The molecule has 0 saturated carbocycles. The van der Waals surface area contributed by atoms with Crippen molar-refractivity contribution in [1.29, 1.82) is 0 Å². The summed E-state index contributed by atoms with van der Waals surface area (Å²) in [7, 11) is -3.48. The molecule has 1 aliphatic rings. The van der Waals surface area contributed by atoms with E-state index in [0.717, 1.165) is 22.0 Å². The van der Waals surface area contributed by atoms with Gasteiger partial charge in [-0.3, -0.25) is 0 Å². The number of benzene rings is 2. The van der Waals surface area contributed by atoms with E-state index in [4.69, 9.17) is 4.98 Å². The molecule has 1 saturated heterocycles. The molecular formula is C24H29N3O2S2. The van der Waals surface area contributed by atoms with Crippen molar-refractivity contribution in [3.8, 4) is 11.3 Å². The molecule has 1 aromatic heterocycles. The van der Waals surface area contributed by atoms with Gasteiger partial charge >= 0.3 is 0 Å². The first-order valence-corrected chi connectivity index (χ1v) is 12.8. The first kappa shape index (κ1) is 22.0. The third-order valence-electron chi connectivity index (χ3n) is 5.67. The van der Waals surface area contributed by atoms with Gasteiger partial charge in [-0.05, 0) is 36.1 Å². The zero-order valence-electron chi connectivity index (χ0n) is 18.5. The molecule has 5 nitrogen and oxygen atoms in total. The van der Waals surface area contributed by atoms with Gasteiger partial charge in [0, 0.05) is 37.1 Å². The van der Waals surface area contributed by atoms with Crippen molar-refractivity contribution in [2.45, 2.75) is 38.0 Å². The molecule has 2 aromatic carbocycles. The zero-order chi connectivity index (χ0) is 22.2. The van der Waals surface area contributed by atoms with E-state index in [1.807, 2.05) is 18.2 Å². The lowest BCUT2D eigenvalue weighted by Gasteiger charge is -2.33. The van der Waals surface area contributed by atoms with Gasteiger partial charge in [0.1, 0.15) is 0 Å². The van der Waals surface area contributed by atoms with Gasteiger partial charge in [-0.2, -0.15) is 4.31 Å². The van der Waals surface area contributed by atoms with Crippen LogP contribution in [0.1, 0.15) is 31.9 Å². The van der Waals surface area contributed by atoms with E-state index in [1.165, 1.54) is 5.56 Å². The fourth-order valence-electron chi connectivity index (χ4n) is 3.74. The summed E-state index contributed by atoms with van der Waals surface area (Å²) in [5, 5.41) is 3.02. The summed E-state index contributed by atoms with van der Waals surface area (Å²) in [5.41, 5.74) is 4.42. The Bertz CT molecular complexity index is 1150. The van der Waals surface area contributed by atoms with Gasteiger partial charge in [-0.1, -0.05) is 56.7 Å². The smallest absolute Gasteiger partial charge is 0.243 e. The summed E-state index contributed by atoms with van der Waals surface area (Å²) in [4.78, 5) is 7.34. The highest BCUT2D eigenvalue weighted by Gasteiger charge is 2.29. The van der Waals surface area contributed by atoms with E-state index in [2.05, 4.69) is 56.2 Å². The van der Waals surface area contributed by atoms with Crippen molar-refractivity contribution < 1.29 is 8.42 Å². The van der Waals surface area contributed by atoms with Gasteiger partial charge in [-0.25, -0.2) is 13.4 Å². The summed E-state index contributed by atoms with van der Waals surface area (Å²) in [6.07, 6.45) is 0. The first-order chi connectivity index (χ1) is 14.6. The van der Waals surface area contributed by atoms with E-state index in [9.17, 15) is 8.42 Å². The molecule has 0 amide bonds. The van der Waals surface area contributed by atoms with Crippen molar-refractivity contribution in [2.24, 2.45) is 0 Å². The average molecular weight is 456 g/mol. The van der Waals surface area contributed by atoms with Crippen LogP contribution in [0.15, 0.2) is 58.8 Å². The van der Waals surface area contributed by atoms with E-state index < -0.39 is 10.0 Å². The van der Waals surface area contributed by atoms with Gasteiger partial charge in [0.05, 0.1) is 10.6 Å². The second-order valence-electron chi connectivity index (χ2n) is 9.05. The highest BCUT2D eigenvalue weighted by Crippen LogP contribution is 2.30. The van der Waals surface area contributed by atoms with Gasteiger partial charge in [0.15, 0.2) is 5.13 Å². The monoisotopic (exact) mass is 455 g/mol. The van der Waals surface area contributed by atoms with Crippen molar-refractivity contribution in [3.63, 3.8) is 0 Å². The van der Waals surface area contributed by atoms with E-state index in [1.54, 1.807) is 27.8 Å². The van der Waals surface area contributed by atoms with E-state index in [0.29, 0.717) is 31.1 Å². The zero-order valence-corrected chi connectivity index (χ0v) is 20.1. The van der Waals surface area contributed by atoms with Crippen LogP contribution in [0.25, 0.3) is 11.3 Å². The Morgan fingerprint density at radius 3 is 2.26 bits per heavy atom. The SMILES string of the molecule is Cc1cccc(-c2csc(N3CCN(S(=O)(=O)c4ccc(C(C)(C)C)cc4)CC3)n2)c1. The van der Waals surface area contributed by atoms with Crippen LogP contribution in [0.3, 0.4) is 0 Å². The number of piperazine rings is 1. The van der Waals surface area contributed by atoms with E-state index >= 15 is 0 Å². The average Bonchev–Trinajstić information content (AvgIpc) is 3.24. The number of anilines is 1. The lowest BCUT2D eigenvalue weighted by molar-refractivity contribution is 0.384. The minimum Gasteiger partial charge on any atom is -0.345 e. The number of nitrogens with zero attached hydrogens (tertiary/aromatic N) is 3. The fraction of sp³-hybridized carbons (Fsp3) is 0.375.